The number of carbonyl (C=O) groups is 1. The molecule has 3 aromatic rings. The molecule has 120 valence electrons. The first kappa shape index (κ1) is 16.2. The summed E-state index contributed by atoms with van der Waals surface area (Å²) in [4.78, 5) is 16.8. The number of benzene rings is 2. The Morgan fingerprint density at radius 2 is 1.71 bits per heavy atom. The third kappa shape index (κ3) is 3.63. The lowest BCUT2D eigenvalue weighted by Crippen LogP contribution is -2.26. The molecular formula is C20H17ClN2O. The van der Waals surface area contributed by atoms with Crippen molar-refractivity contribution in [1.82, 2.24) is 10.3 Å². The molecule has 3 nitrogen and oxygen atoms in total. The Balaban J connectivity index is 1.73. The quantitative estimate of drug-likeness (QED) is 0.736. The minimum atomic E-state index is -0.181. The zero-order chi connectivity index (χ0) is 16.9. The van der Waals surface area contributed by atoms with E-state index in [2.05, 4.69) is 10.3 Å². The van der Waals surface area contributed by atoms with Crippen molar-refractivity contribution in [3.8, 4) is 11.3 Å². The van der Waals surface area contributed by atoms with Crippen molar-refractivity contribution >= 4 is 17.5 Å². The third-order valence-electron chi connectivity index (χ3n) is 3.81. The highest BCUT2D eigenvalue weighted by molar-refractivity contribution is 6.31. The van der Waals surface area contributed by atoms with Crippen LogP contribution in [-0.4, -0.2) is 10.9 Å². The van der Waals surface area contributed by atoms with Gasteiger partial charge >= 0.3 is 0 Å². The number of amides is 1. The van der Waals surface area contributed by atoms with E-state index in [1.54, 1.807) is 12.3 Å². The molecule has 0 radical (unpaired) electrons. The highest BCUT2D eigenvalue weighted by Crippen LogP contribution is 2.22. The SMILES string of the molecule is CC(NC(=O)c1ccc(-c2ccccc2)nc1)c1ccccc1Cl. The molecule has 4 heteroatoms. The van der Waals surface area contributed by atoms with Crippen molar-refractivity contribution in [2.24, 2.45) is 0 Å². The Kier molecular flexibility index (Phi) is 4.92. The van der Waals surface area contributed by atoms with E-state index in [0.29, 0.717) is 10.6 Å². The average molecular weight is 337 g/mol. The average Bonchev–Trinajstić information content (AvgIpc) is 2.63. The van der Waals surface area contributed by atoms with Crippen molar-refractivity contribution in [2.45, 2.75) is 13.0 Å². The van der Waals surface area contributed by atoms with Gasteiger partial charge in [0.2, 0.25) is 0 Å². The first-order valence-corrected chi connectivity index (χ1v) is 8.09. The fraction of sp³-hybridized carbons (Fsp3) is 0.100. The Labute approximate surface area is 146 Å². The Morgan fingerprint density at radius 3 is 2.38 bits per heavy atom. The van der Waals surface area contributed by atoms with Gasteiger partial charge in [0.05, 0.1) is 17.3 Å². The summed E-state index contributed by atoms with van der Waals surface area (Å²) >= 11 is 6.17. The van der Waals surface area contributed by atoms with Crippen LogP contribution in [0.2, 0.25) is 5.02 Å². The van der Waals surface area contributed by atoms with Crippen molar-refractivity contribution in [3.05, 3.63) is 89.1 Å². The molecule has 24 heavy (non-hydrogen) atoms. The lowest BCUT2D eigenvalue weighted by molar-refractivity contribution is 0.0939. The van der Waals surface area contributed by atoms with E-state index in [1.807, 2.05) is 67.6 Å². The van der Waals surface area contributed by atoms with Gasteiger partial charge in [-0.05, 0) is 30.7 Å². The van der Waals surface area contributed by atoms with Gasteiger partial charge in [-0.1, -0.05) is 60.1 Å². The van der Waals surface area contributed by atoms with Crippen LogP contribution in [0.3, 0.4) is 0 Å². The van der Waals surface area contributed by atoms with Gasteiger partial charge in [0, 0.05) is 16.8 Å². The molecule has 1 aromatic heterocycles. The summed E-state index contributed by atoms with van der Waals surface area (Å²) in [6.07, 6.45) is 1.59. The van der Waals surface area contributed by atoms with Crippen molar-refractivity contribution in [3.63, 3.8) is 0 Å². The molecule has 0 fully saturated rings. The molecule has 1 N–H and O–H groups in total. The number of halogens is 1. The summed E-state index contributed by atoms with van der Waals surface area (Å²) in [6.45, 7) is 1.91. The van der Waals surface area contributed by atoms with Gasteiger partial charge in [0.1, 0.15) is 0 Å². The van der Waals surface area contributed by atoms with E-state index in [1.165, 1.54) is 0 Å². The molecule has 0 bridgehead atoms. The standard InChI is InChI=1S/C20H17ClN2O/c1-14(17-9-5-6-10-18(17)21)23-20(24)16-11-12-19(22-13-16)15-7-3-2-4-8-15/h2-14H,1H3,(H,23,24). The largest absolute Gasteiger partial charge is 0.345 e. The summed E-state index contributed by atoms with van der Waals surface area (Å²) in [7, 11) is 0. The van der Waals surface area contributed by atoms with Gasteiger partial charge in [-0.15, -0.1) is 0 Å². The molecule has 0 saturated heterocycles. The zero-order valence-electron chi connectivity index (χ0n) is 13.2. The maximum atomic E-state index is 12.4. The predicted molar refractivity (Wildman–Crippen MR) is 97.0 cm³/mol. The maximum Gasteiger partial charge on any atom is 0.253 e. The second-order valence-electron chi connectivity index (χ2n) is 5.51. The smallest absolute Gasteiger partial charge is 0.253 e. The van der Waals surface area contributed by atoms with E-state index in [9.17, 15) is 4.79 Å². The lowest BCUT2D eigenvalue weighted by Gasteiger charge is -2.15. The van der Waals surface area contributed by atoms with E-state index >= 15 is 0 Å². The normalized spacial score (nSPS) is 11.8. The number of rotatable bonds is 4. The molecule has 0 aliphatic carbocycles. The molecule has 1 unspecified atom stereocenters. The van der Waals surface area contributed by atoms with Gasteiger partial charge in [-0.25, -0.2) is 0 Å². The van der Waals surface area contributed by atoms with Crippen LogP contribution in [-0.2, 0) is 0 Å². The first-order chi connectivity index (χ1) is 11.6. The molecule has 0 spiro atoms. The predicted octanol–water partition coefficient (Wildman–Crippen LogP) is 4.89. The van der Waals surface area contributed by atoms with Crippen LogP contribution in [0.25, 0.3) is 11.3 Å². The van der Waals surface area contributed by atoms with Crippen LogP contribution in [0.4, 0.5) is 0 Å². The van der Waals surface area contributed by atoms with Gasteiger partial charge < -0.3 is 5.32 Å². The van der Waals surface area contributed by atoms with Crippen molar-refractivity contribution in [1.29, 1.82) is 0 Å². The van der Waals surface area contributed by atoms with E-state index in [0.717, 1.165) is 16.8 Å². The first-order valence-electron chi connectivity index (χ1n) is 7.72. The van der Waals surface area contributed by atoms with E-state index < -0.39 is 0 Å². The highest BCUT2D eigenvalue weighted by Gasteiger charge is 2.14. The van der Waals surface area contributed by atoms with E-state index in [4.69, 9.17) is 11.6 Å². The van der Waals surface area contributed by atoms with Crippen LogP contribution in [0, 0.1) is 0 Å². The van der Waals surface area contributed by atoms with Gasteiger partial charge in [0.15, 0.2) is 0 Å². The van der Waals surface area contributed by atoms with Crippen LogP contribution in [0.1, 0.15) is 28.9 Å². The molecule has 3 rings (SSSR count). The summed E-state index contributed by atoms with van der Waals surface area (Å²) in [6, 6.07) is 20.8. The Hall–Kier alpha value is -2.65. The summed E-state index contributed by atoms with van der Waals surface area (Å²) < 4.78 is 0. The minimum absolute atomic E-state index is 0.172. The number of aromatic nitrogens is 1. The third-order valence-corrected chi connectivity index (χ3v) is 4.16. The summed E-state index contributed by atoms with van der Waals surface area (Å²) in [5.41, 5.74) is 3.27. The monoisotopic (exact) mass is 336 g/mol. The molecule has 1 heterocycles. The van der Waals surface area contributed by atoms with Crippen LogP contribution in [0.5, 0.6) is 0 Å². The van der Waals surface area contributed by atoms with Gasteiger partial charge in [-0.3, -0.25) is 9.78 Å². The van der Waals surface area contributed by atoms with E-state index in [-0.39, 0.29) is 11.9 Å². The second kappa shape index (κ2) is 7.28. The number of nitrogens with one attached hydrogen (secondary N) is 1. The molecule has 0 aliphatic rings. The maximum absolute atomic E-state index is 12.4. The fourth-order valence-corrected chi connectivity index (χ4v) is 2.79. The lowest BCUT2D eigenvalue weighted by atomic mass is 10.1. The molecule has 1 amide bonds. The van der Waals surface area contributed by atoms with Crippen molar-refractivity contribution in [2.75, 3.05) is 0 Å². The Morgan fingerprint density at radius 1 is 1.00 bits per heavy atom. The summed E-state index contributed by atoms with van der Waals surface area (Å²) in [5.74, 6) is -0.172. The number of nitrogens with zero attached hydrogens (tertiary/aromatic N) is 1. The van der Waals surface area contributed by atoms with Gasteiger partial charge in [0.25, 0.3) is 5.91 Å². The van der Waals surface area contributed by atoms with Gasteiger partial charge in [-0.2, -0.15) is 0 Å². The number of pyridine rings is 1. The Bertz CT molecular complexity index is 832. The molecule has 1 atom stereocenters. The van der Waals surface area contributed by atoms with Crippen LogP contribution < -0.4 is 5.32 Å². The van der Waals surface area contributed by atoms with Crippen molar-refractivity contribution < 1.29 is 4.79 Å². The minimum Gasteiger partial charge on any atom is -0.345 e. The molecular weight excluding hydrogens is 320 g/mol. The molecule has 0 saturated carbocycles. The number of hydrogen-bond donors (Lipinski definition) is 1. The number of hydrogen-bond acceptors (Lipinski definition) is 2. The molecule has 2 aromatic carbocycles. The second-order valence-corrected chi connectivity index (χ2v) is 5.92. The van der Waals surface area contributed by atoms with Crippen LogP contribution >= 0.6 is 11.6 Å². The summed E-state index contributed by atoms with van der Waals surface area (Å²) in [5, 5.41) is 3.59. The number of carbonyl (C=O) groups excluding carboxylic acids is 1. The topological polar surface area (TPSA) is 42.0 Å². The zero-order valence-corrected chi connectivity index (χ0v) is 14.0. The van der Waals surface area contributed by atoms with Crippen LogP contribution in [0.15, 0.2) is 72.9 Å². The fourth-order valence-electron chi connectivity index (χ4n) is 2.49. The molecule has 0 aliphatic heterocycles. The highest BCUT2D eigenvalue weighted by atomic mass is 35.5.